The van der Waals surface area contributed by atoms with Crippen LogP contribution in [0.25, 0.3) is 0 Å². The van der Waals surface area contributed by atoms with Gasteiger partial charge in [0.15, 0.2) is 0 Å². The number of aliphatic hydroxyl groups excluding tert-OH is 1. The van der Waals surface area contributed by atoms with Crippen molar-refractivity contribution in [1.29, 1.82) is 0 Å². The van der Waals surface area contributed by atoms with E-state index >= 15 is 0 Å². The maximum absolute atomic E-state index is 12.7. The molecule has 1 aromatic heterocycles. The van der Waals surface area contributed by atoms with Crippen molar-refractivity contribution in [1.82, 2.24) is 20.9 Å². The number of nitrogens with zero attached hydrogens (tertiary/aromatic N) is 2. The van der Waals surface area contributed by atoms with Crippen LogP contribution in [0.3, 0.4) is 0 Å². The summed E-state index contributed by atoms with van der Waals surface area (Å²) in [6, 6.07) is 4.71. The first-order chi connectivity index (χ1) is 13.6. The van der Waals surface area contributed by atoms with Crippen LogP contribution in [0.4, 0.5) is 5.82 Å². The molecule has 7 nitrogen and oxygen atoms in total. The number of aromatic nitrogens is 1. The van der Waals surface area contributed by atoms with Crippen molar-refractivity contribution in [2.75, 3.05) is 25.0 Å². The minimum atomic E-state index is -0.142. The van der Waals surface area contributed by atoms with Crippen LogP contribution in [-0.2, 0) is 6.61 Å². The summed E-state index contributed by atoms with van der Waals surface area (Å²) in [6.45, 7) is 3.51. The summed E-state index contributed by atoms with van der Waals surface area (Å²) in [6.07, 6.45) is 8.65. The lowest BCUT2D eigenvalue weighted by atomic mass is 9.93. The maximum Gasteiger partial charge on any atom is 0.256 e. The average Bonchev–Trinajstić information content (AvgIpc) is 2.74. The molecule has 3 rings (SSSR count). The molecule has 0 bridgehead atoms. The smallest absolute Gasteiger partial charge is 0.256 e. The standard InChI is InChI=1S/C21H35N5O2/c1-15(22-2)23-21(28)19-9-8-18(14-27)25-20(19)26-12-10-17(11-13-26)24-16-6-4-3-5-7-16/h8-9,15-17,22,24,27H,3-7,10-14H2,1-2H3,(H,23,28). The summed E-state index contributed by atoms with van der Waals surface area (Å²) in [7, 11) is 1.81. The lowest BCUT2D eigenvalue weighted by molar-refractivity contribution is 0.0935. The van der Waals surface area contributed by atoms with Gasteiger partial charge in [0.05, 0.1) is 24.0 Å². The first kappa shape index (κ1) is 21.0. The van der Waals surface area contributed by atoms with E-state index in [9.17, 15) is 9.90 Å². The van der Waals surface area contributed by atoms with Gasteiger partial charge in [-0.3, -0.25) is 4.79 Å². The van der Waals surface area contributed by atoms with Crippen LogP contribution in [0.5, 0.6) is 0 Å². The molecule has 4 N–H and O–H groups in total. The number of nitrogens with one attached hydrogen (secondary N) is 3. The molecular weight excluding hydrogens is 354 g/mol. The lowest BCUT2D eigenvalue weighted by Crippen LogP contribution is -2.47. The number of rotatable bonds is 7. The lowest BCUT2D eigenvalue weighted by Gasteiger charge is -2.36. The first-order valence-electron chi connectivity index (χ1n) is 10.7. The van der Waals surface area contributed by atoms with Crippen LogP contribution in [0.1, 0.15) is 67.9 Å². The third-order valence-corrected chi connectivity index (χ3v) is 5.99. The topological polar surface area (TPSA) is 89.5 Å². The molecule has 7 heteroatoms. The molecule has 2 aliphatic rings. The molecule has 1 saturated carbocycles. The van der Waals surface area contributed by atoms with E-state index in [0.29, 0.717) is 29.2 Å². The highest BCUT2D eigenvalue weighted by Gasteiger charge is 2.26. The van der Waals surface area contributed by atoms with Crippen LogP contribution in [0.15, 0.2) is 12.1 Å². The van der Waals surface area contributed by atoms with E-state index in [0.717, 1.165) is 25.9 Å². The van der Waals surface area contributed by atoms with Gasteiger partial charge in [-0.25, -0.2) is 4.98 Å². The van der Waals surface area contributed by atoms with Crippen LogP contribution >= 0.6 is 0 Å². The Labute approximate surface area is 168 Å². The van der Waals surface area contributed by atoms with Gasteiger partial charge in [0.2, 0.25) is 0 Å². The highest BCUT2D eigenvalue weighted by atomic mass is 16.3. The highest BCUT2D eigenvalue weighted by Crippen LogP contribution is 2.25. The second-order valence-corrected chi connectivity index (χ2v) is 8.08. The summed E-state index contributed by atoms with van der Waals surface area (Å²) in [4.78, 5) is 19.5. The Bertz CT molecular complexity index is 640. The Hall–Kier alpha value is -1.70. The number of carbonyl (C=O) groups excluding carboxylic acids is 1. The Balaban J connectivity index is 1.66. The van der Waals surface area contributed by atoms with Crippen LogP contribution in [-0.4, -0.2) is 54.4 Å². The van der Waals surface area contributed by atoms with Crippen molar-refractivity contribution in [2.45, 2.75) is 76.7 Å². The van der Waals surface area contributed by atoms with Gasteiger partial charge in [-0.05, 0) is 51.8 Å². The van der Waals surface area contributed by atoms with Crippen LogP contribution < -0.4 is 20.9 Å². The molecule has 0 radical (unpaired) electrons. The molecule has 1 amide bonds. The van der Waals surface area contributed by atoms with Gasteiger partial charge in [0.1, 0.15) is 5.82 Å². The van der Waals surface area contributed by atoms with E-state index in [4.69, 9.17) is 0 Å². The van der Waals surface area contributed by atoms with Gasteiger partial charge >= 0.3 is 0 Å². The van der Waals surface area contributed by atoms with Gasteiger partial charge in [-0.2, -0.15) is 0 Å². The molecule has 2 fully saturated rings. The molecule has 1 aromatic rings. The Kier molecular flexibility index (Phi) is 7.65. The van der Waals surface area contributed by atoms with Gasteiger partial charge < -0.3 is 26.0 Å². The molecule has 1 aliphatic carbocycles. The maximum atomic E-state index is 12.7. The zero-order chi connectivity index (χ0) is 19.9. The molecule has 1 unspecified atom stereocenters. The SMILES string of the molecule is CNC(C)NC(=O)c1ccc(CO)nc1N1CCC(NC2CCCCC2)CC1. The van der Waals surface area contributed by atoms with Crippen LogP contribution in [0.2, 0.25) is 0 Å². The fraction of sp³-hybridized carbons (Fsp3) is 0.714. The van der Waals surface area contributed by atoms with E-state index in [-0.39, 0.29) is 18.7 Å². The summed E-state index contributed by atoms with van der Waals surface area (Å²) in [5.74, 6) is 0.541. The molecular formula is C21H35N5O2. The number of carbonyl (C=O) groups is 1. The second-order valence-electron chi connectivity index (χ2n) is 8.08. The van der Waals surface area contributed by atoms with E-state index in [1.165, 1.54) is 32.1 Å². The normalized spacial score (nSPS) is 20.2. The first-order valence-corrected chi connectivity index (χ1v) is 10.7. The van der Waals surface area contributed by atoms with E-state index in [2.05, 4.69) is 25.8 Å². The zero-order valence-electron chi connectivity index (χ0n) is 17.2. The minimum absolute atomic E-state index is 0.122. The van der Waals surface area contributed by atoms with Crippen molar-refractivity contribution >= 4 is 11.7 Å². The molecule has 0 spiro atoms. The van der Waals surface area contributed by atoms with Crippen molar-refractivity contribution in [2.24, 2.45) is 0 Å². The van der Waals surface area contributed by atoms with Crippen molar-refractivity contribution in [3.05, 3.63) is 23.4 Å². The van der Waals surface area contributed by atoms with Gasteiger partial charge in [0, 0.05) is 25.2 Å². The van der Waals surface area contributed by atoms with Crippen molar-refractivity contribution < 1.29 is 9.90 Å². The predicted octanol–water partition coefficient (Wildman–Crippen LogP) is 1.76. The third kappa shape index (κ3) is 5.43. The number of aliphatic hydroxyl groups is 1. The average molecular weight is 390 g/mol. The summed E-state index contributed by atoms with van der Waals surface area (Å²) < 4.78 is 0. The molecule has 156 valence electrons. The van der Waals surface area contributed by atoms with Gasteiger partial charge in [-0.15, -0.1) is 0 Å². The minimum Gasteiger partial charge on any atom is -0.390 e. The summed E-state index contributed by atoms with van der Waals surface area (Å²) in [5, 5.41) is 19.3. The molecule has 28 heavy (non-hydrogen) atoms. The number of hydrogen-bond donors (Lipinski definition) is 4. The summed E-state index contributed by atoms with van der Waals surface area (Å²) >= 11 is 0. The monoisotopic (exact) mass is 389 g/mol. The van der Waals surface area contributed by atoms with Gasteiger partial charge in [-0.1, -0.05) is 19.3 Å². The fourth-order valence-electron chi connectivity index (χ4n) is 4.20. The molecule has 1 atom stereocenters. The second kappa shape index (κ2) is 10.2. The third-order valence-electron chi connectivity index (χ3n) is 5.99. The van der Waals surface area contributed by atoms with Gasteiger partial charge in [0.25, 0.3) is 5.91 Å². The molecule has 2 heterocycles. The Morgan fingerprint density at radius 3 is 2.50 bits per heavy atom. The van der Waals surface area contributed by atoms with Crippen LogP contribution in [0, 0.1) is 0 Å². The Morgan fingerprint density at radius 1 is 1.18 bits per heavy atom. The van der Waals surface area contributed by atoms with E-state index in [1.54, 1.807) is 12.1 Å². The quantitative estimate of drug-likeness (QED) is 0.532. The number of hydrogen-bond acceptors (Lipinski definition) is 6. The summed E-state index contributed by atoms with van der Waals surface area (Å²) in [5.41, 5.74) is 1.16. The van der Waals surface area contributed by atoms with Crippen molar-refractivity contribution in [3.63, 3.8) is 0 Å². The van der Waals surface area contributed by atoms with E-state index in [1.807, 2.05) is 14.0 Å². The number of anilines is 1. The molecule has 0 aromatic carbocycles. The predicted molar refractivity (Wildman–Crippen MR) is 111 cm³/mol. The molecule has 1 saturated heterocycles. The highest BCUT2D eigenvalue weighted by molar-refractivity contribution is 5.99. The largest absolute Gasteiger partial charge is 0.390 e. The number of piperidine rings is 1. The Morgan fingerprint density at radius 2 is 1.86 bits per heavy atom. The van der Waals surface area contributed by atoms with Crippen molar-refractivity contribution in [3.8, 4) is 0 Å². The number of amides is 1. The zero-order valence-corrected chi connectivity index (χ0v) is 17.2. The fourth-order valence-corrected chi connectivity index (χ4v) is 4.20. The van der Waals surface area contributed by atoms with E-state index < -0.39 is 0 Å². The number of pyridine rings is 1. The molecule has 1 aliphatic heterocycles.